The highest BCUT2D eigenvalue weighted by Gasteiger charge is 2.13. The van der Waals surface area contributed by atoms with Gasteiger partial charge in [-0.15, -0.1) is 11.3 Å². The number of likely N-dealkylation sites (N-methyl/N-ethyl adjacent to an activating group) is 1. The monoisotopic (exact) mass is 425 g/mol. The second kappa shape index (κ2) is 9.73. The minimum Gasteiger partial charge on any atom is -0.493 e. The molecular weight excluding hydrogens is 398 g/mol. The summed E-state index contributed by atoms with van der Waals surface area (Å²) in [6, 6.07) is 11.7. The van der Waals surface area contributed by atoms with Crippen molar-refractivity contribution in [2.75, 3.05) is 33.1 Å². The lowest BCUT2D eigenvalue weighted by Crippen LogP contribution is -2.30. The van der Waals surface area contributed by atoms with Gasteiger partial charge in [-0.05, 0) is 50.2 Å². The van der Waals surface area contributed by atoms with Crippen LogP contribution in [0, 0.1) is 13.8 Å². The number of carbonyl (C=O) groups excluding carboxylic acids is 1. The zero-order valence-electron chi connectivity index (χ0n) is 18.0. The van der Waals surface area contributed by atoms with Crippen LogP contribution in [0.4, 0.5) is 5.69 Å². The molecule has 0 saturated carbocycles. The maximum absolute atomic E-state index is 12.5. The molecule has 2 aromatic carbocycles. The van der Waals surface area contributed by atoms with E-state index in [1.807, 2.05) is 67.6 Å². The average molecular weight is 426 g/mol. The molecular formula is C23H27N3O3S. The zero-order chi connectivity index (χ0) is 21.7. The molecule has 3 rings (SSSR count). The van der Waals surface area contributed by atoms with Crippen LogP contribution in [0.3, 0.4) is 0 Å². The van der Waals surface area contributed by atoms with Crippen LogP contribution in [0.25, 0.3) is 10.6 Å². The van der Waals surface area contributed by atoms with Crippen molar-refractivity contribution in [3.05, 3.63) is 58.6 Å². The Balaban J connectivity index is 1.62. The number of amides is 1. The summed E-state index contributed by atoms with van der Waals surface area (Å²) in [6.45, 7) is 4.87. The fraction of sp³-hybridized carbons (Fsp3) is 0.304. The molecule has 0 aliphatic heterocycles. The first-order valence-corrected chi connectivity index (χ1v) is 10.5. The zero-order valence-corrected chi connectivity index (χ0v) is 18.8. The van der Waals surface area contributed by atoms with E-state index in [-0.39, 0.29) is 12.5 Å². The standard InChI is InChI=1S/C23H27N3O3S/c1-15-7-6-8-16(2)22(15)25-21(27)13-26(3)12-18-14-30-23(24-18)17-9-10-19(28-4)20(11-17)29-5/h6-11,14H,12-13H2,1-5H3,(H,25,27). The van der Waals surface area contributed by atoms with Crippen LogP contribution in [-0.4, -0.2) is 43.6 Å². The number of nitrogens with one attached hydrogen (secondary N) is 1. The van der Waals surface area contributed by atoms with E-state index in [1.165, 1.54) is 0 Å². The Morgan fingerprint density at radius 3 is 2.47 bits per heavy atom. The Morgan fingerprint density at radius 2 is 1.80 bits per heavy atom. The molecule has 0 aliphatic rings. The smallest absolute Gasteiger partial charge is 0.238 e. The lowest BCUT2D eigenvalue weighted by atomic mass is 10.1. The van der Waals surface area contributed by atoms with Crippen LogP contribution >= 0.6 is 11.3 Å². The highest BCUT2D eigenvalue weighted by Crippen LogP contribution is 2.33. The number of aromatic nitrogens is 1. The van der Waals surface area contributed by atoms with Gasteiger partial charge in [0.2, 0.25) is 5.91 Å². The van der Waals surface area contributed by atoms with Crippen molar-refractivity contribution in [2.45, 2.75) is 20.4 Å². The normalized spacial score (nSPS) is 10.9. The number of methoxy groups -OCH3 is 2. The summed E-state index contributed by atoms with van der Waals surface area (Å²) >= 11 is 1.57. The number of benzene rings is 2. The maximum atomic E-state index is 12.5. The molecule has 0 fully saturated rings. The third-order valence-electron chi connectivity index (χ3n) is 4.77. The van der Waals surface area contributed by atoms with E-state index in [9.17, 15) is 4.79 Å². The predicted octanol–water partition coefficient (Wildman–Crippen LogP) is 4.51. The van der Waals surface area contributed by atoms with E-state index < -0.39 is 0 Å². The van der Waals surface area contributed by atoms with Crippen LogP contribution in [0.5, 0.6) is 11.5 Å². The van der Waals surface area contributed by atoms with Gasteiger partial charge in [0.1, 0.15) is 5.01 Å². The molecule has 0 atom stereocenters. The minimum atomic E-state index is -0.0368. The molecule has 0 unspecified atom stereocenters. The number of rotatable bonds is 8. The molecule has 158 valence electrons. The van der Waals surface area contributed by atoms with Gasteiger partial charge >= 0.3 is 0 Å². The summed E-state index contributed by atoms with van der Waals surface area (Å²) in [5.74, 6) is 1.32. The molecule has 0 spiro atoms. The van der Waals surface area contributed by atoms with E-state index in [1.54, 1.807) is 25.6 Å². The van der Waals surface area contributed by atoms with Gasteiger partial charge in [-0.3, -0.25) is 9.69 Å². The van der Waals surface area contributed by atoms with Crippen LogP contribution in [0.2, 0.25) is 0 Å². The predicted molar refractivity (Wildman–Crippen MR) is 122 cm³/mol. The van der Waals surface area contributed by atoms with E-state index in [0.29, 0.717) is 18.0 Å². The number of carbonyl (C=O) groups is 1. The first kappa shape index (κ1) is 21.8. The summed E-state index contributed by atoms with van der Waals surface area (Å²) in [4.78, 5) is 19.2. The molecule has 30 heavy (non-hydrogen) atoms. The van der Waals surface area contributed by atoms with Gasteiger partial charge in [-0.25, -0.2) is 4.98 Å². The van der Waals surface area contributed by atoms with Gasteiger partial charge in [0.15, 0.2) is 11.5 Å². The van der Waals surface area contributed by atoms with Crippen molar-refractivity contribution in [3.8, 4) is 22.1 Å². The van der Waals surface area contributed by atoms with E-state index in [4.69, 9.17) is 14.5 Å². The fourth-order valence-electron chi connectivity index (χ4n) is 3.25. The molecule has 0 aliphatic carbocycles. The molecule has 0 radical (unpaired) electrons. The van der Waals surface area contributed by atoms with Crippen LogP contribution in [-0.2, 0) is 11.3 Å². The van der Waals surface area contributed by atoms with Crippen molar-refractivity contribution in [3.63, 3.8) is 0 Å². The van der Waals surface area contributed by atoms with Gasteiger partial charge in [-0.2, -0.15) is 0 Å². The third kappa shape index (κ3) is 5.17. The first-order valence-electron chi connectivity index (χ1n) is 9.62. The molecule has 0 saturated heterocycles. The number of hydrogen-bond acceptors (Lipinski definition) is 6. The summed E-state index contributed by atoms with van der Waals surface area (Å²) in [5, 5.41) is 5.95. The molecule has 7 heteroatoms. The second-order valence-corrected chi connectivity index (χ2v) is 8.06. The Morgan fingerprint density at radius 1 is 1.10 bits per heavy atom. The molecule has 1 aromatic heterocycles. The molecule has 6 nitrogen and oxygen atoms in total. The Hall–Kier alpha value is -2.90. The summed E-state index contributed by atoms with van der Waals surface area (Å²) in [6.07, 6.45) is 0. The van der Waals surface area contributed by atoms with Gasteiger partial charge in [0, 0.05) is 23.2 Å². The number of para-hydroxylation sites is 1. The van der Waals surface area contributed by atoms with Gasteiger partial charge in [0.25, 0.3) is 0 Å². The number of nitrogens with zero attached hydrogens (tertiary/aromatic N) is 2. The lowest BCUT2D eigenvalue weighted by molar-refractivity contribution is -0.117. The van der Waals surface area contributed by atoms with Gasteiger partial charge in [0.05, 0.1) is 26.5 Å². The summed E-state index contributed by atoms with van der Waals surface area (Å²) in [5.41, 5.74) is 4.90. The van der Waals surface area contributed by atoms with E-state index in [0.717, 1.165) is 33.1 Å². The summed E-state index contributed by atoms with van der Waals surface area (Å²) in [7, 11) is 5.15. The van der Waals surface area contributed by atoms with Crippen molar-refractivity contribution in [1.82, 2.24) is 9.88 Å². The number of thiazole rings is 1. The molecule has 1 N–H and O–H groups in total. The number of hydrogen-bond donors (Lipinski definition) is 1. The number of aryl methyl sites for hydroxylation is 2. The number of anilines is 1. The average Bonchev–Trinajstić information content (AvgIpc) is 3.18. The van der Waals surface area contributed by atoms with E-state index in [2.05, 4.69) is 5.32 Å². The molecule has 0 bridgehead atoms. The van der Waals surface area contributed by atoms with Crippen molar-refractivity contribution in [1.29, 1.82) is 0 Å². The maximum Gasteiger partial charge on any atom is 0.238 e. The minimum absolute atomic E-state index is 0.0368. The van der Waals surface area contributed by atoms with Gasteiger partial charge in [-0.1, -0.05) is 18.2 Å². The Bertz CT molecular complexity index is 1010. The second-order valence-electron chi connectivity index (χ2n) is 7.20. The highest BCUT2D eigenvalue weighted by atomic mass is 32.1. The van der Waals surface area contributed by atoms with E-state index >= 15 is 0 Å². The Kier molecular flexibility index (Phi) is 7.07. The molecule has 1 heterocycles. The van der Waals surface area contributed by atoms with Crippen molar-refractivity contribution >= 4 is 22.9 Å². The highest BCUT2D eigenvalue weighted by molar-refractivity contribution is 7.13. The largest absolute Gasteiger partial charge is 0.493 e. The topological polar surface area (TPSA) is 63.7 Å². The van der Waals surface area contributed by atoms with Gasteiger partial charge < -0.3 is 14.8 Å². The fourth-order valence-corrected chi connectivity index (χ4v) is 4.06. The summed E-state index contributed by atoms with van der Waals surface area (Å²) < 4.78 is 10.7. The van der Waals surface area contributed by atoms with Crippen LogP contribution < -0.4 is 14.8 Å². The van der Waals surface area contributed by atoms with Crippen molar-refractivity contribution in [2.24, 2.45) is 0 Å². The SMILES string of the molecule is COc1ccc(-c2nc(CN(C)CC(=O)Nc3c(C)cccc3C)cs2)cc1OC. The van der Waals surface area contributed by atoms with Crippen molar-refractivity contribution < 1.29 is 14.3 Å². The van der Waals surface area contributed by atoms with Crippen LogP contribution in [0.1, 0.15) is 16.8 Å². The Labute approximate surface area is 181 Å². The number of ether oxygens (including phenoxy) is 2. The molecule has 1 amide bonds. The quantitative estimate of drug-likeness (QED) is 0.575. The third-order valence-corrected chi connectivity index (χ3v) is 5.71. The molecule has 3 aromatic rings. The van der Waals surface area contributed by atoms with Crippen LogP contribution in [0.15, 0.2) is 41.8 Å². The lowest BCUT2D eigenvalue weighted by Gasteiger charge is -2.17. The first-order chi connectivity index (χ1) is 14.4.